The number of rotatable bonds is 5. The van der Waals surface area contributed by atoms with Crippen molar-refractivity contribution in [2.45, 2.75) is 18.9 Å². The third-order valence-electron chi connectivity index (χ3n) is 6.85. The number of fused-ring (bicyclic) bond motifs is 4. The molecule has 2 bridgehead atoms. The molecule has 2 atom stereocenters. The molecule has 3 amide bonds. The highest BCUT2D eigenvalue weighted by molar-refractivity contribution is 6.04. The van der Waals surface area contributed by atoms with Crippen molar-refractivity contribution < 1.29 is 23.5 Å². The number of aromatic nitrogens is 1. The number of anilines is 2. The van der Waals surface area contributed by atoms with E-state index in [1.807, 2.05) is 6.07 Å². The number of halogens is 1. The summed E-state index contributed by atoms with van der Waals surface area (Å²) in [5.74, 6) is 0.306. The predicted octanol–water partition coefficient (Wildman–Crippen LogP) is 3.91. The smallest absolute Gasteiger partial charge is 0.321 e. The summed E-state index contributed by atoms with van der Waals surface area (Å²) in [7, 11) is 3.09. The molecular formula is C27H27FN4O5. The fourth-order valence-corrected chi connectivity index (χ4v) is 5.08. The molecule has 0 spiro atoms. The van der Waals surface area contributed by atoms with Crippen LogP contribution in [0.15, 0.2) is 59.4 Å². The Balaban J connectivity index is 1.31. The molecule has 1 aromatic heterocycles. The van der Waals surface area contributed by atoms with E-state index in [0.29, 0.717) is 36.8 Å². The lowest BCUT2D eigenvalue weighted by Crippen LogP contribution is -2.50. The lowest BCUT2D eigenvalue weighted by Gasteiger charge is -2.42. The fraction of sp³-hybridized carbons (Fsp3) is 0.296. The molecule has 0 radical (unpaired) electrons. The monoisotopic (exact) mass is 506 g/mol. The summed E-state index contributed by atoms with van der Waals surface area (Å²) in [4.78, 5) is 40.6. The molecular weight excluding hydrogens is 479 g/mol. The second-order valence-corrected chi connectivity index (χ2v) is 9.28. The minimum Gasteiger partial charge on any atom is -0.497 e. The summed E-state index contributed by atoms with van der Waals surface area (Å²) in [6.45, 7) is 1.41. The zero-order valence-electron chi connectivity index (χ0n) is 20.5. The van der Waals surface area contributed by atoms with Gasteiger partial charge < -0.3 is 29.6 Å². The van der Waals surface area contributed by atoms with Crippen LogP contribution in [0.5, 0.6) is 11.5 Å². The molecule has 3 heterocycles. The number of likely N-dealkylation sites (tertiary alicyclic amines) is 1. The molecule has 37 heavy (non-hydrogen) atoms. The molecule has 2 aliphatic heterocycles. The standard InChI is InChI=1S/C27H27FN4O5/c1-36-21-10-20(11-22(12-21)37-2)29-27(35)31-13-16-9-18(15-31)24-8-7-23(26(34)32(24)14-16)30-25(33)17-3-5-19(28)6-4-17/h3-8,10-12,16,18H,9,13-15H2,1-2H3,(H,29,35)(H,30,33)/t16-,18-/m1/s1. The van der Waals surface area contributed by atoms with Gasteiger partial charge in [-0.15, -0.1) is 0 Å². The number of hydrogen-bond donors (Lipinski definition) is 2. The van der Waals surface area contributed by atoms with Crippen LogP contribution in [0.2, 0.25) is 0 Å². The van der Waals surface area contributed by atoms with Crippen molar-refractivity contribution in [3.05, 3.63) is 82.0 Å². The summed E-state index contributed by atoms with van der Waals surface area (Å²) in [5.41, 5.74) is 1.54. The van der Waals surface area contributed by atoms with E-state index < -0.39 is 11.7 Å². The topological polar surface area (TPSA) is 102 Å². The number of benzene rings is 2. The Morgan fingerprint density at radius 1 is 0.919 bits per heavy atom. The highest BCUT2D eigenvalue weighted by Crippen LogP contribution is 2.36. The minimum atomic E-state index is -0.481. The first kappa shape index (κ1) is 24.4. The van der Waals surface area contributed by atoms with Crippen LogP contribution in [0.25, 0.3) is 0 Å². The van der Waals surface area contributed by atoms with Gasteiger partial charge in [0.2, 0.25) is 0 Å². The minimum absolute atomic E-state index is 0.00681. The van der Waals surface area contributed by atoms with Crippen molar-refractivity contribution in [2.24, 2.45) is 5.92 Å². The molecule has 9 nitrogen and oxygen atoms in total. The summed E-state index contributed by atoms with van der Waals surface area (Å²) in [5, 5.41) is 5.57. The molecule has 1 fully saturated rings. The van der Waals surface area contributed by atoms with E-state index in [2.05, 4.69) is 10.6 Å². The van der Waals surface area contributed by atoms with E-state index in [4.69, 9.17) is 9.47 Å². The van der Waals surface area contributed by atoms with Gasteiger partial charge in [-0.2, -0.15) is 0 Å². The quantitative estimate of drug-likeness (QED) is 0.547. The molecule has 2 aromatic carbocycles. The van der Waals surface area contributed by atoms with Crippen molar-refractivity contribution in [1.29, 1.82) is 0 Å². The summed E-state index contributed by atoms with van der Waals surface area (Å²) >= 11 is 0. The van der Waals surface area contributed by atoms with Gasteiger partial charge in [0.1, 0.15) is 23.0 Å². The molecule has 0 aliphatic carbocycles. The van der Waals surface area contributed by atoms with Gasteiger partial charge in [-0.1, -0.05) is 0 Å². The first-order valence-corrected chi connectivity index (χ1v) is 11.9. The number of nitrogens with zero attached hydrogens (tertiary/aromatic N) is 2. The van der Waals surface area contributed by atoms with E-state index in [-0.39, 0.29) is 34.7 Å². The van der Waals surface area contributed by atoms with E-state index >= 15 is 0 Å². The maximum atomic E-state index is 13.2. The van der Waals surface area contributed by atoms with Crippen LogP contribution in [0.4, 0.5) is 20.6 Å². The number of methoxy groups -OCH3 is 2. The Kier molecular flexibility index (Phi) is 6.56. The van der Waals surface area contributed by atoms with Crippen LogP contribution in [0.1, 0.15) is 28.4 Å². The third kappa shape index (κ3) is 5.00. The van der Waals surface area contributed by atoms with Crippen LogP contribution < -0.4 is 25.7 Å². The van der Waals surface area contributed by atoms with Crippen LogP contribution in [0.3, 0.4) is 0 Å². The van der Waals surface area contributed by atoms with Crippen molar-refractivity contribution in [2.75, 3.05) is 37.9 Å². The van der Waals surface area contributed by atoms with Gasteiger partial charge in [-0.3, -0.25) is 9.59 Å². The predicted molar refractivity (Wildman–Crippen MR) is 136 cm³/mol. The molecule has 1 saturated heterocycles. The maximum absolute atomic E-state index is 13.2. The fourth-order valence-electron chi connectivity index (χ4n) is 5.08. The number of nitrogens with one attached hydrogen (secondary N) is 2. The Morgan fingerprint density at radius 3 is 2.30 bits per heavy atom. The molecule has 5 rings (SSSR count). The van der Waals surface area contributed by atoms with E-state index in [1.165, 1.54) is 24.3 Å². The van der Waals surface area contributed by atoms with Gasteiger partial charge in [0, 0.05) is 60.7 Å². The number of urea groups is 1. The Labute approximate surface area is 212 Å². The summed E-state index contributed by atoms with van der Waals surface area (Å²) in [6, 6.07) is 13.5. The van der Waals surface area contributed by atoms with Gasteiger partial charge in [0.05, 0.1) is 14.2 Å². The molecule has 0 unspecified atom stereocenters. The molecule has 2 N–H and O–H groups in total. The Morgan fingerprint density at radius 2 is 1.62 bits per heavy atom. The first-order chi connectivity index (χ1) is 17.8. The first-order valence-electron chi connectivity index (χ1n) is 11.9. The highest BCUT2D eigenvalue weighted by atomic mass is 19.1. The number of ether oxygens (including phenoxy) is 2. The number of carbonyl (C=O) groups excluding carboxylic acids is 2. The van der Waals surface area contributed by atoms with Crippen molar-refractivity contribution in [1.82, 2.24) is 9.47 Å². The van der Waals surface area contributed by atoms with Gasteiger partial charge >= 0.3 is 6.03 Å². The zero-order chi connectivity index (χ0) is 26.1. The third-order valence-corrected chi connectivity index (χ3v) is 6.85. The van der Waals surface area contributed by atoms with Gasteiger partial charge in [0.25, 0.3) is 11.5 Å². The Bertz CT molecular complexity index is 1380. The number of piperidine rings is 1. The largest absolute Gasteiger partial charge is 0.497 e. The number of pyridine rings is 1. The normalized spacial score (nSPS) is 18.0. The van der Waals surface area contributed by atoms with E-state index in [1.54, 1.807) is 48.0 Å². The highest BCUT2D eigenvalue weighted by Gasteiger charge is 2.37. The molecule has 3 aromatic rings. The number of hydrogen-bond acceptors (Lipinski definition) is 5. The maximum Gasteiger partial charge on any atom is 0.321 e. The van der Waals surface area contributed by atoms with Gasteiger partial charge in [-0.05, 0) is 48.7 Å². The van der Waals surface area contributed by atoms with E-state index in [0.717, 1.165) is 12.1 Å². The second-order valence-electron chi connectivity index (χ2n) is 9.28. The van der Waals surface area contributed by atoms with Crippen LogP contribution in [0, 0.1) is 11.7 Å². The summed E-state index contributed by atoms with van der Waals surface area (Å²) < 4.78 is 25.4. The van der Waals surface area contributed by atoms with Crippen molar-refractivity contribution in [3.63, 3.8) is 0 Å². The average molecular weight is 507 g/mol. The lowest BCUT2D eigenvalue weighted by molar-refractivity contribution is 0.102. The SMILES string of the molecule is COc1cc(NC(=O)N2C[C@H]3C[C@H](C2)c2ccc(NC(=O)c4ccc(F)cc4)c(=O)n2C3)cc(OC)c1. The van der Waals surface area contributed by atoms with Crippen LogP contribution >= 0.6 is 0 Å². The molecule has 192 valence electrons. The number of amides is 3. The number of carbonyl (C=O) groups is 2. The second kappa shape index (κ2) is 9.96. The molecule has 10 heteroatoms. The molecule has 2 aliphatic rings. The average Bonchev–Trinajstić information content (AvgIpc) is 2.90. The van der Waals surface area contributed by atoms with E-state index in [9.17, 15) is 18.8 Å². The van der Waals surface area contributed by atoms with Crippen molar-refractivity contribution in [3.8, 4) is 11.5 Å². The van der Waals surface area contributed by atoms with Crippen molar-refractivity contribution >= 4 is 23.3 Å². The van der Waals surface area contributed by atoms with Gasteiger partial charge in [0.15, 0.2) is 0 Å². The Hall–Kier alpha value is -4.34. The van der Waals surface area contributed by atoms with Crippen LogP contribution in [-0.4, -0.2) is 48.7 Å². The molecule has 0 saturated carbocycles. The van der Waals surface area contributed by atoms with Crippen LogP contribution in [-0.2, 0) is 6.54 Å². The van der Waals surface area contributed by atoms with Gasteiger partial charge in [-0.25, -0.2) is 9.18 Å². The summed E-state index contributed by atoms with van der Waals surface area (Å²) in [6.07, 6.45) is 0.873. The lowest BCUT2D eigenvalue weighted by atomic mass is 9.83. The zero-order valence-corrected chi connectivity index (χ0v) is 20.5.